The highest BCUT2D eigenvalue weighted by atomic mass is 127. The second kappa shape index (κ2) is 9.68. The summed E-state index contributed by atoms with van der Waals surface area (Å²) in [5.74, 6) is 0.708. The first-order valence-electron chi connectivity index (χ1n) is 5.91. The summed E-state index contributed by atoms with van der Waals surface area (Å²) in [4.78, 5) is 23.3. The second-order valence-corrected chi connectivity index (χ2v) is 7.67. The van der Waals surface area contributed by atoms with Gasteiger partial charge in [-0.15, -0.1) is 0 Å². The normalized spacial score (nSPS) is 12.4. The van der Waals surface area contributed by atoms with Gasteiger partial charge < -0.3 is 39.3 Å². The number of alkyl carbamates (subject to hydrolysis) is 1. The fourth-order valence-corrected chi connectivity index (χ4v) is 1.95. The number of likely N-dealkylation sites (N-methyl/N-ethyl adjacent to an activating group) is 1. The Kier molecular flexibility index (Phi) is 10.8. The number of halogens is 1. The van der Waals surface area contributed by atoms with Gasteiger partial charge in [-0.1, -0.05) is 0 Å². The van der Waals surface area contributed by atoms with Gasteiger partial charge in [-0.2, -0.15) is 0 Å². The lowest BCUT2D eigenvalue weighted by Crippen LogP contribution is -3.00. The second-order valence-electron chi connectivity index (χ2n) is 5.29. The van der Waals surface area contributed by atoms with Gasteiger partial charge in [0.05, 0.1) is 12.5 Å². The van der Waals surface area contributed by atoms with Crippen LogP contribution >= 0.6 is 0 Å². The third kappa shape index (κ3) is 11.4. The summed E-state index contributed by atoms with van der Waals surface area (Å²) in [5.41, 5.74) is -0.558. The van der Waals surface area contributed by atoms with Crippen LogP contribution < -0.4 is 34.6 Å². The fraction of sp³-hybridized carbons (Fsp3) is 0.833. The predicted molar refractivity (Wildman–Crippen MR) is 75.9 cm³/mol. The molecule has 0 heterocycles. The van der Waals surface area contributed by atoms with E-state index in [9.17, 15) is 9.59 Å². The van der Waals surface area contributed by atoms with Crippen LogP contribution in [-0.4, -0.2) is 49.0 Å². The topological polar surface area (TPSA) is 67.4 Å². The molecule has 0 aliphatic carbocycles. The number of carbonyl (C=O) groups excluding carboxylic acids is 2. The van der Waals surface area contributed by atoms with Gasteiger partial charge in [0, 0.05) is 13.5 Å². The van der Waals surface area contributed by atoms with Crippen molar-refractivity contribution < 1.29 is 38.3 Å². The average molecular weight is 404 g/mol. The molecule has 0 bridgehead atoms. The molecule has 0 aliphatic rings. The van der Waals surface area contributed by atoms with Crippen molar-refractivity contribution in [2.45, 2.75) is 38.8 Å². The van der Waals surface area contributed by atoms with Crippen LogP contribution in [-0.2, 0) is 20.4 Å². The SMILES string of the molecule is CNC(=O)C(CC[S+](C)C)NC(=O)OC(C)(C)C.[I-]. The molecule has 19 heavy (non-hydrogen) atoms. The van der Waals surface area contributed by atoms with E-state index in [1.807, 2.05) is 0 Å². The van der Waals surface area contributed by atoms with Gasteiger partial charge in [-0.05, 0) is 31.7 Å². The number of rotatable bonds is 5. The number of carbonyl (C=O) groups is 2. The maximum absolute atomic E-state index is 11.6. The zero-order chi connectivity index (χ0) is 14.3. The van der Waals surface area contributed by atoms with E-state index < -0.39 is 17.7 Å². The van der Waals surface area contributed by atoms with Crippen LogP contribution in [0.1, 0.15) is 27.2 Å². The molecule has 0 rings (SSSR count). The summed E-state index contributed by atoms with van der Waals surface area (Å²) in [7, 11) is 1.80. The van der Waals surface area contributed by atoms with Crippen LogP contribution in [0.5, 0.6) is 0 Å². The highest BCUT2D eigenvalue weighted by Crippen LogP contribution is 2.07. The van der Waals surface area contributed by atoms with Crippen molar-refractivity contribution in [3.8, 4) is 0 Å². The Labute approximate surface area is 136 Å². The maximum Gasteiger partial charge on any atom is 0.408 e. The molecular formula is C12H25IN2O3S. The van der Waals surface area contributed by atoms with E-state index in [1.54, 1.807) is 27.8 Å². The first kappa shape index (κ1) is 21.1. The third-order valence-electron chi connectivity index (χ3n) is 2.07. The first-order valence-corrected chi connectivity index (χ1v) is 8.12. The first-order chi connectivity index (χ1) is 8.15. The molecule has 2 N–H and O–H groups in total. The largest absolute Gasteiger partial charge is 1.00 e. The van der Waals surface area contributed by atoms with Crippen LogP contribution in [0.4, 0.5) is 4.79 Å². The van der Waals surface area contributed by atoms with E-state index in [1.165, 1.54) is 0 Å². The Balaban J connectivity index is 0. The van der Waals surface area contributed by atoms with Gasteiger partial charge in [0.25, 0.3) is 0 Å². The van der Waals surface area contributed by atoms with Crippen molar-refractivity contribution >= 4 is 22.9 Å². The van der Waals surface area contributed by atoms with Gasteiger partial charge in [-0.25, -0.2) is 4.79 Å². The molecule has 114 valence electrons. The summed E-state index contributed by atoms with van der Waals surface area (Å²) < 4.78 is 5.14. The molecule has 0 spiro atoms. The highest BCUT2D eigenvalue weighted by Gasteiger charge is 2.24. The lowest BCUT2D eigenvalue weighted by Gasteiger charge is -2.22. The van der Waals surface area contributed by atoms with Crippen LogP contribution in [0, 0.1) is 0 Å². The molecule has 2 amide bonds. The Bertz CT molecular complexity index is 293. The van der Waals surface area contributed by atoms with E-state index in [0.717, 1.165) is 5.75 Å². The van der Waals surface area contributed by atoms with Crippen LogP contribution in [0.3, 0.4) is 0 Å². The molecule has 0 radical (unpaired) electrons. The van der Waals surface area contributed by atoms with E-state index in [2.05, 4.69) is 23.1 Å². The Morgan fingerprint density at radius 1 is 1.26 bits per heavy atom. The highest BCUT2D eigenvalue weighted by molar-refractivity contribution is 7.95. The molecule has 7 heteroatoms. The van der Waals surface area contributed by atoms with Gasteiger partial charge in [0.1, 0.15) is 17.4 Å². The number of ether oxygens (including phenoxy) is 1. The predicted octanol–water partition coefficient (Wildman–Crippen LogP) is -2.10. The Morgan fingerprint density at radius 2 is 1.79 bits per heavy atom. The zero-order valence-electron chi connectivity index (χ0n) is 12.5. The number of hydrogen-bond donors (Lipinski definition) is 2. The minimum Gasteiger partial charge on any atom is -1.00 e. The van der Waals surface area contributed by atoms with E-state index in [4.69, 9.17) is 4.74 Å². The van der Waals surface area contributed by atoms with E-state index in [0.29, 0.717) is 6.42 Å². The van der Waals surface area contributed by atoms with Gasteiger partial charge in [0.2, 0.25) is 5.91 Å². The molecule has 0 aromatic carbocycles. The van der Waals surface area contributed by atoms with E-state index in [-0.39, 0.29) is 40.8 Å². The van der Waals surface area contributed by atoms with Crippen molar-refractivity contribution in [1.29, 1.82) is 0 Å². The molecular weight excluding hydrogens is 379 g/mol. The van der Waals surface area contributed by atoms with Gasteiger partial charge >= 0.3 is 6.09 Å². The monoisotopic (exact) mass is 404 g/mol. The molecule has 0 aliphatic heterocycles. The molecule has 1 unspecified atom stereocenters. The standard InChI is InChI=1S/C12H24N2O3S.HI/c1-12(2,3)17-11(16)14-9(10(15)13-4)7-8-18(5)6;/h9H,7-8H2,1-6H3,(H-,13,14,15,16);1H. The van der Waals surface area contributed by atoms with Crippen molar-refractivity contribution in [2.75, 3.05) is 25.3 Å². The minimum absolute atomic E-state index is 0. The summed E-state index contributed by atoms with van der Waals surface area (Å²) in [6, 6.07) is -0.528. The molecule has 0 fully saturated rings. The lowest BCUT2D eigenvalue weighted by molar-refractivity contribution is -0.122. The molecule has 0 aromatic heterocycles. The zero-order valence-corrected chi connectivity index (χ0v) is 15.5. The van der Waals surface area contributed by atoms with Crippen LogP contribution in [0.25, 0.3) is 0 Å². The summed E-state index contributed by atoms with van der Waals surface area (Å²) in [6.45, 7) is 5.37. The summed E-state index contributed by atoms with van der Waals surface area (Å²) in [6.07, 6.45) is 4.28. The molecule has 1 atom stereocenters. The molecule has 0 saturated heterocycles. The molecule has 0 saturated carbocycles. The van der Waals surface area contributed by atoms with E-state index >= 15 is 0 Å². The van der Waals surface area contributed by atoms with Crippen LogP contribution in [0.2, 0.25) is 0 Å². The number of nitrogens with one attached hydrogen (secondary N) is 2. The Morgan fingerprint density at radius 3 is 2.16 bits per heavy atom. The number of hydrogen-bond acceptors (Lipinski definition) is 3. The van der Waals surface area contributed by atoms with Crippen molar-refractivity contribution in [3.63, 3.8) is 0 Å². The smallest absolute Gasteiger partial charge is 0.408 e. The van der Waals surface area contributed by atoms with Gasteiger partial charge in [-0.3, -0.25) is 4.79 Å². The quantitative estimate of drug-likeness (QED) is 0.408. The Hall–Kier alpha value is -0.180. The molecule has 5 nitrogen and oxygen atoms in total. The number of amides is 2. The average Bonchev–Trinajstić information content (AvgIpc) is 2.20. The fourth-order valence-electron chi connectivity index (χ4n) is 1.25. The van der Waals surface area contributed by atoms with Crippen molar-refractivity contribution in [3.05, 3.63) is 0 Å². The van der Waals surface area contributed by atoms with Crippen molar-refractivity contribution in [2.24, 2.45) is 0 Å². The maximum atomic E-state index is 11.6. The molecule has 0 aromatic rings. The van der Waals surface area contributed by atoms with Crippen LogP contribution in [0.15, 0.2) is 0 Å². The van der Waals surface area contributed by atoms with Gasteiger partial charge in [0.15, 0.2) is 0 Å². The van der Waals surface area contributed by atoms with Crippen molar-refractivity contribution in [1.82, 2.24) is 10.6 Å². The lowest BCUT2D eigenvalue weighted by atomic mass is 10.2. The minimum atomic E-state index is -0.558. The summed E-state index contributed by atoms with van der Waals surface area (Å²) >= 11 is 0. The third-order valence-corrected chi connectivity index (χ3v) is 3.12. The summed E-state index contributed by atoms with van der Waals surface area (Å²) in [5, 5.41) is 5.16.